The summed E-state index contributed by atoms with van der Waals surface area (Å²) in [4.78, 5) is 36.2. The zero-order valence-electron chi connectivity index (χ0n) is 16.3. The first-order valence-electron chi connectivity index (χ1n) is 8.46. The van der Waals surface area contributed by atoms with Crippen molar-refractivity contribution in [3.8, 4) is 0 Å². The topological polar surface area (TPSA) is 144 Å². The van der Waals surface area contributed by atoms with Gasteiger partial charge in [-0.25, -0.2) is 0 Å². The molecule has 4 atom stereocenters. The molecule has 0 bridgehead atoms. The molecular formula is C17H28CaN2O7. The Labute approximate surface area is 189 Å². The van der Waals surface area contributed by atoms with Crippen molar-refractivity contribution in [2.45, 2.75) is 58.3 Å². The molecule has 0 aliphatic heterocycles. The van der Waals surface area contributed by atoms with E-state index in [0.717, 1.165) is 0 Å². The van der Waals surface area contributed by atoms with Gasteiger partial charge in [0.25, 0.3) is 0 Å². The van der Waals surface area contributed by atoms with E-state index in [9.17, 15) is 29.7 Å². The van der Waals surface area contributed by atoms with E-state index in [1.165, 1.54) is 30.6 Å². The SMILES string of the molecule is C/C=C/CC(O)CN(CCN(C(C)C(=O)[O-])C(C)C(=O)O)C(C)C(=O)[O-].[Ca+2]. The van der Waals surface area contributed by atoms with E-state index in [1.54, 1.807) is 19.1 Å². The van der Waals surface area contributed by atoms with Gasteiger partial charge in [0.1, 0.15) is 6.04 Å². The maximum Gasteiger partial charge on any atom is 2.00 e. The van der Waals surface area contributed by atoms with Crippen LogP contribution in [-0.2, 0) is 14.4 Å². The average molecular weight is 412 g/mol. The predicted molar refractivity (Wildman–Crippen MR) is 95.5 cm³/mol. The minimum Gasteiger partial charge on any atom is -0.548 e. The molecule has 4 unspecified atom stereocenters. The molecule has 0 aliphatic rings. The molecule has 10 heteroatoms. The second kappa shape index (κ2) is 14.3. The van der Waals surface area contributed by atoms with Crippen LogP contribution in [0.25, 0.3) is 0 Å². The smallest absolute Gasteiger partial charge is 0.548 e. The molecule has 0 aromatic heterocycles. The number of hydrogen-bond acceptors (Lipinski definition) is 8. The normalized spacial score (nSPS) is 16.0. The summed E-state index contributed by atoms with van der Waals surface area (Å²) < 4.78 is 0. The molecule has 9 nitrogen and oxygen atoms in total. The molecule has 0 amide bonds. The third-order valence-electron chi connectivity index (χ3n) is 4.32. The van der Waals surface area contributed by atoms with Gasteiger partial charge >= 0.3 is 43.7 Å². The third kappa shape index (κ3) is 10.4. The molecule has 0 fully saturated rings. The van der Waals surface area contributed by atoms with Crippen LogP contribution in [0.3, 0.4) is 0 Å². The largest absolute Gasteiger partial charge is 2.00 e. The van der Waals surface area contributed by atoms with Crippen LogP contribution in [0.15, 0.2) is 12.2 Å². The third-order valence-corrected chi connectivity index (χ3v) is 4.32. The van der Waals surface area contributed by atoms with Crippen LogP contribution in [0, 0.1) is 0 Å². The van der Waals surface area contributed by atoms with Crippen LogP contribution >= 0.6 is 0 Å². The van der Waals surface area contributed by atoms with Gasteiger partial charge in [0.15, 0.2) is 0 Å². The number of carbonyl (C=O) groups excluding carboxylic acids is 2. The van der Waals surface area contributed by atoms with E-state index < -0.39 is 42.1 Å². The number of hydrogen-bond donors (Lipinski definition) is 2. The number of nitrogens with zero attached hydrogens (tertiary/aromatic N) is 2. The van der Waals surface area contributed by atoms with E-state index in [-0.39, 0.29) is 57.4 Å². The van der Waals surface area contributed by atoms with Gasteiger partial charge in [0.2, 0.25) is 0 Å². The van der Waals surface area contributed by atoms with Crippen molar-refractivity contribution in [2.75, 3.05) is 19.6 Å². The summed E-state index contributed by atoms with van der Waals surface area (Å²) in [6.45, 7) is 5.87. The van der Waals surface area contributed by atoms with Crippen molar-refractivity contribution >= 4 is 55.6 Å². The molecule has 0 heterocycles. The van der Waals surface area contributed by atoms with E-state index in [1.807, 2.05) is 0 Å². The van der Waals surface area contributed by atoms with Gasteiger partial charge in [-0.1, -0.05) is 12.2 Å². The van der Waals surface area contributed by atoms with Crippen molar-refractivity contribution in [2.24, 2.45) is 0 Å². The summed E-state index contributed by atoms with van der Waals surface area (Å²) in [6.07, 6.45) is 3.01. The summed E-state index contributed by atoms with van der Waals surface area (Å²) >= 11 is 0. The van der Waals surface area contributed by atoms with Crippen LogP contribution < -0.4 is 10.2 Å². The van der Waals surface area contributed by atoms with Crippen molar-refractivity contribution in [1.29, 1.82) is 0 Å². The fraction of sp³-hybridized carbons (Fsp3) is 0.706. The first-order chi connectivity index (χ1) is 12.0. The second-order valence-electron chi connectivity index (χ2n) is 6.20. The Hall–Kier alpha value is -0.710. The van der Waals surface area contributed by atoms with Gasteiger partial charge in [0.05, 0.1) is 18.0 Å². The second-order valence-corrected chi connectivity index (χ2v) is 6.20. The van der Waals surface area contributed by atoms with Crippen molar-refractivity contribution in [1.82, 2.24) is 9.80 Å². The molecule has 0 rings (SSSR count). The van der Waals surface area contributed by atoms with E-state index in [2.05, 4.69) is 0 Å². The monoisotopic (exact) mass is 412 g/mol. The zero-order chi connectivity index (χ0) is 20.4. The molecular weight excluding hydrogens is 384 g/mol. The van der Waals surface area contributed by atoms with Gasteiger partial charge in [-0.2, -0.15) is 0 Å². The molecule has 2 N–H and O–H groups in total. The Bertz CT molecular complexity index is 496. The Balaban J connectivity index is 0. The predicted octanol–water partition coefficient (Wildman–Crippen LogP) is -2.71. The van der Waals surface area contributed by atoms with E-state index in [0.29, 0.717) is 6.42 Å². The minimum atomic E-state index is -1.43. The Kier molecular flexibility index (Phi) is 15.1. The van der Waals surface area contributed by atoms with Gasteiger partial charge in [-0.15, -0.1) is 0 Å². The quantitative estimate of drug-likeness (QED) is 0.244. The number of aliphatic hydroxyl groups is 1. The van der Waals surface area contributed by atoms with Gasteiger partial charge in [-0.3, -0.25) is 14.6 Å². The molecule has 0 aliphatic carbocycles. The van der Waals surface area contributed by atoms with Crippen molar-refractivity contribution in [3.05, 3.63) is 12.2 Å². The van der Waals surface area contributed by atoms with Crippen molar-refractivity contribution < 1.29 is 34.8 Å². The van der Waals surface area contributed by atoms with Gasteiger partial charge in [-0.05, 0) is 34.1 Å². The summed E-state index contributed by atoms with van der Waals surface area (Å²) in [5.41, 5.74) is 0. The number of rotatable bonds is 13. The molecule has 0 spiro atoms. The summed E-state index contributed by atoms with van der Waals surface area (Å²) in [5.74, 6) is -3.97. The Morgan fingerprint density at radius 3 is 1.93 bits per heavy atom. The fourth-order valence-corrected chi connectivity index (χ4v) is 2.47. The molecule has 0 saturated heterocycles. The van der Waals surface area contributed by atoms with Crippen LogP contribution in [0.1, 0.15) is 34.1 Å². The molecule has 0 radical (unpaired) electrons. The Morgan fingerprint density at radius 2 is 1.52 bits per heavy atom. The average Bonchev–Trinajstić information content (AvgIpc) is 2.57. The first-order valence-corrected chi connectivity index (χ1v) is 8.46. The minimum absolute atomic E-state index is 0. The standard InChI is InChI=1S/C17H30N2O7.Ca/c1-5-6-7-14(20)10-18(11(2)15(21)22)8-9-19(12(3)16(23)24)13(4)17(25)26;/h5-6,11-14,20H,7-10H2,1-4H3,(H,21,22)(H,23,24)(H,25,26);/q;+2/p-2/b6-5+;. The number of aliphatic hydroxyl groups excluding tert-OH is 1. The Morgan fingerprint density at radius 1 is 1.00 bits per heavy atom. The van der Waals surface area contributed by atoms with E-state index >= 15 is 0 Å². The number of carboxylic acid groups (broad SMARTS) is 3. The summed E-state index contributed by atoms with van der Waals surface area (Å²) in [5, 5.41) is 41.5. The molecule has 150 valence electrons. The van der Waals surface area contributed by atoms with Crippen LogP contribution in [-0.4, -0.2) is 120 Å². The molecule has 0 saturated carbocycles. The first kappa shape index (κ1) is 28.5. The summed E-state index contributed by atoms with van der Waals surface area (Å²) in [7, 11) is 0. The van der Waals surface area contributed by atoms with Gasteiger partial charge in [0, 0.05) is 31.7 Å². The number of carboxylic acids is 3. The maximum atomic E-state index is 11.2. The molecule has 0 aromatic carbocycles. The van der Waals surface area contributed by atoms with Crippen LogP contribution in [0.5, 0.6) is 0 Å². The maximum absolute atomic E-state index is 11.2. The summed E-state index contributed by atoms with van der Waals surface area (Å²) in [6, 6.07) is -3.30. The number of allylic oxidation sites excluding steroid dienone is 1. The van der Waals surface area contributed by atoms with Crippen molar-refractivity contribution in [3.63, 3.8) is 0 Å². The zero-order valence-corrected chi connectivity index (χ0v) is 18.5. The number of carbonyl (C=O) groups is 3. The fourth-order valence-electron chi connectivity index (χ4n) is 2.47. The van der Waals surface area contributed by atoms with Gasteiger partial charge < -0.3 is 30.0 Å². The van der Waals surface area contributed by atoms with E-state index in [4.69, 9.17) is 5.11 Å². The molecule has 0 aromatic rings. The van der Waals surface area contributed by atoms with Crippen LogP contribution in [0.4, 0.5) is 0 Å². The number of aliphatic carboxylic acids is 3. The molecule has 27 heavy (non-hydrogen) atoms. The van der Waals surface area contributed by atoms with Crippen LogP contribution in [0.2, 0.25) is 0 Å².